The fraction of sp³-hybridized carbons (Fsp3) is 0.421. The molecule has 2 rings (SSSR count). The van der Waals surface area contributed by atoms with Crippen molar-refractivity contribution in [3.63, 3.8) is 0 Å². The number of hydrogen-bond acceptors (Lipinski definition) is 5. The summed E-state index contributed by atoms with van der Waals surface area (Å²) < 4.78 is 38.9. The summed E-state index contributed by atoms with van der Waals surface area (Å²) in [4.78, 5) is 12.7. The van der Waals surface area contributed by atoms with Crippen molar-refractivity contribution in [1.82, 2.24) is 10.0 Å². The van der Waals surface area contributed by atoms with Gasteiger partial charge in [-0.1, -0.05) is 13.8 Å². The van der Waals surface area contributed by atoms with E-state index in [0.717, 1.165) is 0 Å². The second kappa shape index (κ2) is 8.58. The van der Waals surface area contributed by atoms with Crippen molar-refractivity contribution >= 4 is 15.9 Å². The molecule has 0 bridgehead atoms. The Kier molecular flexibility index (Phi) is 6.67. The lowest BCUT2D eigenvalue weighted by atomic mass is 10.1. The van der Waals surface area contributed by atoms with Crippen LogP contribution in [-0.4, -0.2) is 27.5 Å². The maximum atomic E-state index is 13.0. The summed E-state index contributed by atoms with van der Waals surface area (Å²) in [6.07, 6.45) is 1.51. The summed E-state index contributed by atoms with van der Waals surface area (Å²) in [5.41, 5.74) is 1.11. The number of ether oxygens (including phenoxy) is 1. The van der Waals surface area contributed by atoms with Gasteiger partial charge in [0.1, 0.15) is 17.6 Å². The van der Waals surface area contributed by atoms with Gasteiger partial charge >= 0.3 is 0 Å². The first kappa shape index (κ1) is 21.0. The Balaban J connectivity index is 2.23. The molecule has 148 valence electrons. The zero-order valence-electron chi connectivity index (χ0n) is 16.2. The molecule has 1 atom stereocenters. The minimum absolute atomic E-state index is 0.160. The fourth-order valence-corrected chi connectivity index (χ4v) is 4.67. The smallest absolute Gasteiger partial charge is 0.241 e. The normalized spacial score (nSPS) is 12.8. The topological polar surface area (TPSA) is 97.6 Å². The molecule has 27 heavy (non-hydrogen) atoms. The summed E-state index contributed by atoms with van der Waals surface area (Å²) in [5, 5.41) is 2.71. The molecule has 0 saturated heterocycles. The Morgan fingerprint density at radius 2 is 1.85 bits per heavy atom. The molecule has 0 aliphatic rings. The van der Waals surface area contributed by atoms with Crippen molar-refractivity contribution in [3.05, 3.63) is 47.4 Å². The Morgan fingerprint density at radius 1 is 1.22 bits per heavy atom. The molecule has 0 radical (unpaired) electrons. The SMILES string of the molecule is COc1cc(C)c(S(=O)(=O)N[C@H](C(=O)NCc2ccco2)C(C)C)c(C)c1. The van der Waals surface area contributed by atoms with Gasteiger partial charge in [-0.2, -0.15) is 4.72 Å². The van der Waals surface area contributed by atoms with Crippen LogP contribution in [-0.2, 0) is 21.4 Å². The minimum atomic E-state index is -3.90. The summed E-state index contributed by atoms with van der Waals surface area (Å²) >= 11 is 0. The van der Waals surface area contributed by atoms with E-state index in [-0.39, 0.29) is 17.4 Å². The molecule has 1 heterocycles. The van der Waals surface area contributed by atoms with Gasteiger partial charge in [0.25, 0.3) is 0 Å². The number of amides is 1. The van der Waals surface area contributed by atoms with E-state index < -0.39 is 22.0 Å². The van der Waals surface area contributed by atoms with Gasteiger partial charge in [-0.25, -0.2) is 8.42 Å². The molecule has 0 spiro atoms. The highest BCUT2D eigenvalue weighted by atomic mass is 32.2. The van der Waals surface area contributed by atoms with E-state index >= 15 is 0 Å². The highest BCUT2D eigenvalue weighted by Gasteiger charge is 2.30. The lowest BCUT2D eigenvalue weighted by Crippen LogP contribution is -2.49. The number of carbonyl (C=O) groups is 1. The highest BCUT2D eigenvalue weighted by molar-refractivity contribution is 7.89. The van der Waals surface area contributed by atoms with Crippen LogP contribution in [0.1, 0.15) is 30.7 Å². The van der Waals surface area contributed by atoms with E-state index in [9.17, 15) is 13.2 Å². The van der Waals surface area contributed by atoms with Crippen LogP contribution < -0.4 is 14.8 Å². The summed E-state index contributed by atoms with van der Waals surface area (Å²) in [6, 6.07) is 5.86. The van der Waals surface area contributed by atoms with Crippen LogP contribution in [0.25, 0.3) is 0 Å². The first-order chi connectivity index (χ1) is 12.7. The number of methoxy groups -OCH3 is 1. The van der Waals surface area contributed by atoms with Gasteiger partial charge < -0.3 is 14.5 Å². The molecule has 0 unspecified atom stereocenters. The van der Waals surface area contributed by atoms with Gasteiger partial charge in [-0.3, -0.25) is 4.79 Å². The third kappa shape index (κ3) is 5.11. The molecule has 8 heteroatoms. The summed E-state index contributed by atoms with van der Waals surface area (Å²) in [6.45, 7) is 7.16. The van der Waals surface area contributed by atoms with E-state index in [1.54, 1.807) is 52.0 Å². The molecule has 1 aromatic heterocycles. The van der Waals surface area contributed by atoms with Crippen LogP contribution in [0.5, 0.6) is 5.75 Å². The van der Waals surface area contributed by atoms with Crippen LogP contribution in [0.4, 0.5) is 0 Å². The van der Waals surface area contributed by atoms with Gasteiger partial charge in [0.05, 0.1) is 24.8 Å². The maximum absolute atomic E-state index is 13.0. The molecule has 0 aliphatic heterocycles. The lowest BCUT2D eigenvalue weighted by Gasteiger charge is -2.23. The van der Waals surface area contributed by atoms with Crippen LogP contribution in [0.3, 0.4) is 0 Å². The molecule has 0 fully saturated rings. The van der Waals surface area contributed by atoms with E-state index in [0.29, 0.717) is 22.6 Å². The van der Waals surface area contributed by atoms with Crippen LogP contribution in [0.15, 0.2) is 39.8 Å². The lowest BCUT2D eigenvalue weighted by molar-refractivity contribution is -0.123. The number of aryl methyl sites for hydroxylation is 2. The zero-order valence-corrected chi connectivity index (χ0v) is 17.0. The van der Waals surface area contributed by atoms with Crippen molar-refractivity contribution in [2.24, 2.45) is 5.92 Å². The fourth-order valence-electron chi connectivity index (χ4n) is 2.87. The molecule has 2 aromatic rings. The predicted octanol–water partition coefficient (Wildman–Crippen LogP) is 2.52. The number of carbonyl (C=O) groups excluding carboxylic acids is 1. The number of benzene rings is 1. The molecule has 0 aliphatic carbocycles. The average Bonchev–Trinajstić information content (AvgIpc) is 3.09. The second-order valence-corrected chi connectivity index (χ2v) is 8.38. The molecular formula is C19H26N2O5S. The number of nitrogens with one attached hydrogen (secondary N) is 2. The van der Waals surface area contributed by atoms with E-state index in [4.69, 9.17) is 9.15 Å². The van der Waals surface area contributed by atoms with Crippen molar-refractivity contribution in [2.75, 3.05) is 7.11 Å². The van der Waals surface area contributed by atoms with Crippen molar-refractivity contribution in [1.29, 1.82) is 0 Å². The largest absolute Gasteiger partial charge is 0.497 e. The molecule has 0 saturated carbocycles. The molecule has 2 N–H and O–H groups in total. The van der Waals surface area contributed by atoms with Gasteiger partial charge in [0, 0.05) is 0 Å². The van der Waals surface area contributed by atoms with E-state index in [1.165, 1.54) is 13.4 Å². The molecule has 7 nitrogen and oxygen atoms in total. The quantitative estimate of drug-likeness (QED) is 0.717. The van der Waals surface area contributed by atoms with Crippen LogP contribution in [0, 0.1) is 19.8 Å². The zero-order chi connectivity index (χ0) is 20.2. The molecule has 1 amide bonds. The first-order valence-corrected chi connectivity index (χ1v) is 10.1. The predicted molar refractivity (Wildman–Crippen MR) is 102 cm³/mol. The average molecular weight is 394 g/mol. The second-order valence-electron chi connectivity index (χ2n) is 6.73. The van der Waals surface area contributed by atoms with Crippen molar-refractivity contribution < 1.29 is 22.4 Å². The first-order valence-electron chi connectivity index (χ1n) is 8.63. The molecule has 1 aromatic carbocycles. The number of sulfonamides is 1. The summed E-state index contributed by atoms with van der Waals surface area (Å²) in [7, 11) is -2.37. The number of furan rings is 1. The standard InChI is InChI=1S/C19H26N2O5S/c1-12(2)17(19(22)20-11-15-7-6-8-26-15)21-27(23,24)18-13(3)9-16(25-5)10-14(18)4/h6-10,12,17,21H,11H2,1-5H3,(H,20,22)/t17-/m0/s1. The monoisotopic (exact) mass is 394 g/mol. The van der Waals surface area contributed by atoms with Crippen LogP contribution >= 0.6 is 0 Å². The van der Waals surface area contributed by atoms with Crippen molar-refractivity contribution in [3.8, 4) is 5.75 Å². The van der Waals surface area contributed by atoms with Crippen LogP contribution in [0.2, 0.25) is 0 Å². The van der Waals surface area contributed by atoms with Gasteiger partial charge in [-0.15, -0.1) is 0 Å². The minimum Gasteiger partial charge on any atom is -0.497 e. The van der Waals surface area contributed by atoms with Crippen molar-refractivity contribution in [2.45, 2.75) is 45.2 Å². The number of hydrogen-bond donors (Lipinski definition) is 2. The highest BCUT2D eigenvalue weighted by Crippen LogP contribution is 2.26. The third-order valence-electron chi connectivity index (χ3n) is 4.19. The summed E-state index contributed by atoms with van der Waals surface area (Å²) in [5.74, 6) is 0.528. The van der Waals surface area contributed by atoms with Gasteiger partial charge in [0.2, 0.25) is 15.9 Å². The Morgan fingerprint density at radius 3 is 2.33 bits per heavy atom. The Hall–Kier alpha value is -2.32. The number of rotatable bonds is 8. The van der Waals surface area contributed by atoms with Gasteiger partial charge in [0.15, 0.2) is 0 Å². The Bertz CT molecular complexity index is 866. The van der Waals surface area contributed by atoms with E-state index in [2.05, 4.69) is 10.0 Å². The molecular weight excluding hydrogens is 368 g/mol. The van der Waals surface area contributed by atoms with E-state index in [1.807, 2.05) is 0 Å². The maximum Gasteiger partial charge on any atom is 0.241 e. The Labute approximate surface area is 160 Å². The van der Waals surface area contributed by atoms with Gasteiger partial charge in [-0.05, 0) is 55.2 Å². The third-order valence-corrected chi connectivity index (χ3v) is 5.93.